The topological polar surface area (TPSA) is 67.1 Å². The molecule has 0 saturated carbocycles. The standard InChI is InChI=1S/C19H28N6.HI/c1-3-15-9-6-7-10-16(15)13-21-19(20-2)22-14-18-24-23-17-11-5-4-8-12-25(17)18;/h6-7,9-10H,3-5,8,11-14H2,1-2H3,(H2,20,21,22);1H. The van der Waals surface area contributed by atoms with Crippen LogP contribution in [-0.4, -0.2) is 27.8 Å². The van der Waals surface area contributed by atoms with Crippen molar-refractivity contribution in [3.05, 3.63) is 47.0 Å². The first-order valence-electron chi connectivity index (χ1n) is 9.24. The van der Waals surface area contributed by atoms with E-state index in [0.717, 1.165) is 43.5 Å². The highest BCUT2D eigenvalue weighted by Gasteiger charge is 2.14. The maximum Gasteiger partial charge on any atom is 0.191 e. The third-order valence-corrected chi connectivity index (χ3v) is 4.77. The molecule has 0 spiro atoms. The van der Waals surface area contributed by atoms with Gasteiger partial charge in [0.1, 0.15) is 5.82 Å². The van der Waals surface area contributed by atoms with E-state index in [1.54, 1.807) is 7.05 Å². The first kappa shape index (κ1) is 20.7. The molecule has 3 rings (SSSR count). The molecule has 0 amide bonds. The zero-order valence-electron chi connectivity index (χ0n) is 15.7. The maximum atomic E-state index is 4.36. The number of fused-ring (bicyclic) bond motifs is 1. The molecule has 7 heteroatoms. The zero-order valence-corrected chi connectivity index (χ0v) is 18.0. The van der Waals surface area contributed by atoms with E-state index < -0.39 is 0 Å². The average Bonchev–Trinajstić information content (AvgIpc) is 2.88. The van der Waals surface area contributed by atoms with Crippen molar-refractivity contribution in [2.75, 3.05) is 7.05 Å². The number of aliphatic imine (C=N–C) groups is 1. The third kappa shape index (κ3) is 5.18. The number of nitrogens with one attached hydrogen (secondary N) is 2. The molecule has 0 saturated heterocycles. The lowest BCUT2D eigenvalue weighted by Crippen LogP contribution is -2.37. The van der Waals surface area contributed by atoms with Crippen LogP contribution in [-0.2, 0) is 32.5 Å². The van der Waals surface area contributed by atoms with Gasteiger partial charge in [0, 0.05) is 26.6 Å². The van der Waals surface area contributed by atoms with Gasteiger partial charge in [-0.05, 0) is 30.4 Å². The van der Waals surface area contributed by atoms with Crippen LogP contribution in [0.15, 0.2) is 29.3 Å². The predicted molar refractivity (Wildman–Crippen MR) is 116 cm³/mol. The summed E-state index contributed by atoms with van der Waals surface area (Å²) in [5.74, 6) is 2.90. The molecule has 1 aromatic heterocycles. The molecule has 1 aliphatic heterocycles. The van der Waals surface area contributed by atoms with Crippen molar-refractivity contribution in [3.8, 4) is 0 Å². The van der Waals surface area contributed by atoms with Gasteiger partial charge in [-0.1, -0.05) is 37.6 Å². The van der Waals surface area contributed by atoms with Crippen molar-refractivity contribution >= 4 is 29.9 Å². The molecule has 0 atom stereocenters. The van der Waals surface area contributed by atoms with Crippen LogP contribution in [0.1, 0.15) is 49.0 Å². The van der Waals surface area contributed by atoms with Gasteiger partial charge in [0.05, 0.1) is 6.54 Å². The Labute approximate surface area is 172 Å². The molecule has 2 aromatic rings. The molecule has 142 valence electrons. The van der Waals surface area contributed by atoms with Crippen molar-refractivity contribution in [1.29, 1.82) is 0 Å². The summed E-state index contributed by atoms with van der Waals surface area (Å²) in [7, 11) is 1.80. The summed E-state index contributed by atoms with van der Waals surface area (Å²) in [6, 6.07) is 8.51. The molecular formula is C19H29IN6. The summed E-state index contributed by atoms with van der Waals surface area (Å²) in [5.41, 5.74) is 2.68. The summed E-state index contributed by atoms with van der Waals surface area (Å²) in [5, 5.41) is 15.5. The molecule has 0 bridgehead atoms. The summed E-state index contributed by atoms with van der Waals surface area (Å²) in [6.07, 6.45) is 5.77. The number of aryl methyl sites for hydroxylation is 2. The Bertz CT molecular complexity index is 725. The van der Waals surface area contributed by atoms with Crippen molar-refractivity contribution < 1.29 is 0 Å². The number of hydrogen-bond acceptors (Lipinski definition) is 3. The van der Waals surface area contributed by atoms with Crippen molar-refractivity contribution in [2.45, 2.75) is 58.7 Å². The number of benzene rings is 1. The predicted octanol–water partition coefficient (Wildman–Crippen LogP) is 3.05. The lowest BCUT2D eigenvalue weighted by atomic mass is 10.1. The molecule has 2 N–H and O–H groups in total. The maximum absolute atomic E-state index is 4.36. The van der Waals surface area contributed by atoms with E-state index in [1.807, 2.05) is 0 Å². The van der Waals surface area contributed by atoms with E-state index in [4.69, 9.17) is 0 Å². The quantitative estimate of drug-likeness (QED) is 0.402. The number of hydrogen-bond donors (Lipinski definition) is 2. The minimum atomic E-state index is 0. The highest BCUT2D eigenvalue weighted by atomic mass is 127. The molecule has 0 fully saturated rings. The van der Waals surface area contributed by atoms with Crippen molar-refractivity contribution in [3.63, 3.8) is 0 Å². The fourth-order valence-electron chi connectivity index (χ4n) is 3.31. The van der Waals surface area contributed by atoms with Crippen LogP contribution in [0.2, 0.25) is 0 Å². The smallest absolute Gasteiger partial charge is 0.191 e. The van der Waals surface area contributed by atoms with E-state index >= 15 is 0 Å². The monoisotopic (exact) mass is 468 g/mol. The van der Waals surface area contributed by atoms with E-state index in [9.17, 15) is 0 Å². The van der Waals surface area contributed by atoms with Gasteiger partial charge in [0.25, 0.3) is 0 Å². The second-order valence-electron chi connectivity index (χ2n) is 6.40. The van der Waals surface area contributed by atoms with E-state index in [2.05, 4.69) is 61.6 Å². The summed E-state index contributed by atoms with van der Waals surface area (Å²) >= 11 is 0. The fourth-order valence-corrected chi connectivity index (χ4v) is 3.31. The van der Waals surface area contributed by atoms with Gasteiger partial charge >= 0.3 is 0 Å². The zero-order chi connectivity index (χ0) is 17.5. The molecule has 26 heavy (non-hydrogen) atoms. The van der Waals surface area contributed by atoms with Gasteiger partial charge < -0.3 is 15.2 Å². The summed E-state index contributed by atoms with van der Waals surface area (Å²) in [4.78, 5) is 4.33. The van der Waals surface area contributed by atoms with E-state index in [-0.39, 0.29) is 24.0 Å². The molecule has 6 nitrogen and oxygen atoms in total. The van der Waals surface area contributed by atoms with Gasteiger partial charge in [-0.25, -0.2) is 0 Å². The van der Waals surface area contributed by atoms with Crippen molar-refractivity contribution in [1.82, 2.24) is 25.4 Å². The Morgan fingerprint density at radius 2 is 1.85 bits per heavy atom. The minimum Gasteiger partial charge on any atom is -0.352 e. The lowest BCUT2D eigenvalue weighted by Gasteiger charge is -2.14. The molecule has 1 aliphatic rings. The summed E-state index contributed by atoms with van der Waals surface area (Å²) < 4.78 is 2.26. The summed E-state index contributed by atoms with van der Waals surface area (Å²) in [6.45, 7) is 4.61. The van der Waals surface area contributed by atoms with Gasteiger partial charge in [0.2, 0.25) is 0 Å². The molecule has 0 aliphatic carbocycles. The van der Waals surface area contributed by atoms with E-state index in [1.165, 1.54) is 30.4 Å². The van der Waals surface area contributed by atoms with Gasteiger partial charge in [0.15, 0.2) is 11.8 Å². The van der Waals surface area contributed by atoms with Gasteiger partial charge in [-0.2, -0.15) is 0 Å². The van der Waals surface area contributed by atoms with Crippen LogP contribution >= 0.6 is 24.0 Å². The van der Waals surface area contributed by atoms with Crippen LogP contribution < -0.4 is 10.6 Å². The van der Waals surface area contributed by atoms with Crippen LogP contribution in [0.25, 0.3) is 0 Å². The Balaban J connectivity index is 0.00000243. The van der Waals surface area contributed by atoms with Gasteiger partial charge in [-0.15, -0.1) is 34.2 Å². The van der Waals surface area contributed by atoms with Crippen LogP contribution in [0.5, 0.6) is 0 Å². The molecule has 0 unspecified atom stereocenters. The number of nitrogens with zero attached hydrogens (tertiary/aromatic N) is 4. The van der Waals surface area contributed by atoms with Crippen molar-refractivity contribution in [2.24, 2.45) is 4.99 Å². The average molecular weight is 468 g/mol. The Hall–Kier alpha value is -1.64. The largest absolute Gasteiger partial charge is 0.352 e. The second kappa shape index (κ2) is 10.5. The lowest BCUT2D eigenvalue weighted by molar-refractivity contribution is 0.596. The number of guanidine groups is 1. The van der Waals surface area contributed by atoms with Gasteiger partial charge in [-0.3, -0.25) is 4.99 Å². The van der Waals surface area contributed by atoms with Crippen LogP contribution in [0.3, 0.4) is 0 Å². The first-order chi connectivity index (χ1) is 12.3. The SMILES string of the molecule is CCc1ccccc1CNC(=NC)NCc1nnc2n1CCCCC2.I. The normalized spacial score (nSPS) is 14.2. The highest BCUT2D eigenvalue weighted by molar-refractivity contribution is 14.0. The van der Waals surface area contributed by atoms with Crippen LogP contribution in [0.4, 0.5) is 0 Å². The minimum absolute atomic E-state index is 0. The number of halogens is 1. The van der Waals surface area contributed by atoms with Crippen LogP contribution in [0, 0.1) is 0 Å². The number of aromatic nitrogens is 3. The Morgan fingerprint density at radius 1 is 1.08 bits per heavy atom. The number of rotatable bonds is 5. The third-order valence-electron chi connectivity index (χ3n) is 4.77. The Kier molecular flexibility index (Phi) is 8.34. The Morgan fingerprint density at radius 3 is 2.62 bits per heavy atom. The fraction of sp³-hybridized carbons (Fsp3) is 0.526. The molecule has 0 radical (unpaired) electrons. The molecule has 2 heterocycles. The first-order valence-corrected chi connectivity index (χ1v) is 9.24. The second-order valence-corrected chi connectivity index (χ2v) is 6.40. The van der Waals surface area contributed by atoms with E-state index in [0.29, 0.717) is 6.54 Å². The molecule has 1 aromatic carbocycles. The molecular weight excluding hydrogens is 439 g/mol. The highest BCUT2D eigenvalue weighted by Crippen LogP contribution is 2.14.